The van der Waals surface area contributed by atoms with Gasteiger partial charge >= 0.3 is 12.1 Å². The maximum atomic E-state index is 13.8. The molecular formula is C27H43NO9S. The third kappa shape index (κ3) is 6.13. The molecule has 0 aromatic rings. The number of nitrogens with zero attached hydrogens (tertiary/aromatic N) is 1. The summed E-state index contributed by atoms with van der Waals surface area (Å²) in [5.41, 5.74) is -2.53. The number of carbonyl (C=O) groups is 5. The maximum absolute atomic E-state index is 13.8. The lowest BCUT2D eigenvalue weighted by atomic mass is 9.65. The van der Waals surface area contributed by atoms with E-state index in [1.165, 1.54) is 11.8 Å². The van der Waals surface area contributed by atoms with E-state index in [9.17, 15) is 32.4 Å². The van der Waals surface area contributed by atoms with Crippen molar-refractivity contribution >= 4 is 39.8 Å². The van der Waals surface area contributed by atoms with Gasteiger partial charge in [0, 0.05) is 36.0 Å². The van der Waals surface area contributed by atoms with Crippen LogP contribution in [-0.2, 0) is 38.5 Å². The molecule has 0 aromatic heterocycles. The highest BCUT2D eigenvalue weighted by molar-refractivity contribution is 7.90. The Morgan fingerprint density at radius 1 is 1.00 bits per heavy atom. The number of esters is 1. The van der Waals surface area contributed by atoms with Crippen molar-refractivity contribution in [3.8, 4) is 0 Å². The predicted octanol–water partition coefficient (Wildman–Crippen LogP) is 2.86. The summed E-state index contributed by atoms with van der Waals surface area (Å²) in [6, 6.07) is -0.947. The molecule has 0 spiro atoms. The molecule has 0 bridgehead atoms. The maximum Gasteiger partial charge on any atom is 0.410 e. The van der Waals surface area contributed by atoms with Crippen LogP contribution in [-0.4, -0.2) is 79.5 Å². The highest BCUT2D eigenvalue weighted by Gasteiger charge is 2.60. The lowest BCUT2D eigenvalue weighted by molar-refractivity contribution is -0.171. The Morgan fingerprint density at radius 2 is 1.58 bits per heavy atom. The highest BCUT2D eigenvalue weighted by atomic mass is 32.2. The zero-order valence-electron chi connectivity index (χ0n) is 24.0. The molecular weight excluding hydrogens is 514 g/mol. The first kappa shape index (κ1) is 31.9. The highest BCUT2D eigenvalue weighted by Crippen LogP contribution is 2.43. The zero-order chi connectivity index (χ0) is 29.4. The SMILES string of the molecule is CC[C@H]1OC(=O)[C@H](C)C(=O)[C@H](C)[C@@H](C)[C@](C)(C=O)C[C@@H](C)C(=O)[C@H](C)[C@H]2N(CCS(C)(=O)=O)C(=O)O[C@]12C. The summed E-state index contributed by atoms with van der Waals surface area (Å²) in [5, 5.41) is 0. The number of fused-ring (bicyclic) bond motifs is 1. The van der Waals surface area contributed by atoms with Gasteiger partial charge in [-0.05, 0) is 32.6 Å². The van der Waals surface area contributed by atoms with Crippen LogP contribution < -0.4 is 0 Å². The van der Waals surface area contributed by atoms with Crippen molar-refractivity contribution in [3.05, 3.63) is 0 Å². The number of amides is 1. The van der Waals surface area contributed by atoms with Gasteiger partial charge in [-0.15, -0.1) is 0 Å². The van der Waals surface area contributed by atoms with E-state index in [0.29, 0.717) is 0 Å². The van der Waals surface area contributed by atoms with E-state index in [4.69, 9.17) is 9.47 Å². The van der Waals surface area contributed by atoms with Crippen molar-refractivity contribution < 1.29 is 41.9 Å². The van der Waals surface area contributed by atoms with Gasteiger partial charge in [-0.3, -0.25) is 19.3 Å². The van der Waals surface area contributed by atoms with Gasteiger partial charge in [0.15, 0.2) is 5.60 Å². The van der Waals surface area contributed by atoms with Crippen LogP contribution in [0.1, 0.15) is 68.2 Å². The van der Waals surface area contributed by atoms with E-state index in [2.05, 4.69) is 0 Å². The molecule has 2 aliphatic rings. The summed E-state index contributed by atoms with van der Waals surface area (Å²) < 4.78 is 35.4. The smallest absolute Gasteiger partial charge is 0.410 e. The van der Waals surface area contributed by atoms with Crippen molar-refractivity contribution in [2.24, 2.45) is 35.0 Å². The normalized spacial score (nSPS) is 39.7. The van der Waals surface area contributed by atoms with Gasteiger partial charge in [0.2, 0.25) is 0 Å². The molecule has 38 heavy (non-hydrogen) atoms. The number of aldehydes is 1. The topological polar surface area (TPSA) is 141 Å². The molecule has 11 heteroatoms. The summed E-state index contributed by atoms with van der Waals surface area (Å²) in [7, 11) is -3.45. The minimum atomic E-state index is -3.45. The molecule has 0 unspecified atom stereocenters. The molecule has 2 heterocycles. The van der Waals surface area contributed by atoms with E-state index >= 15 is 0 Å². The molecule has 0 saturated carbocycles. The number of cyclic esters (lactones) is 1. The number of hydrogen-bond donors (Lipinski definition) is 0. The van der Waals surface area contributed by atoms with Crippen LogP contribution in [0.2, 0.25) is 0 Å². The minimum absolute atomic E-state index is 0.163. The van der Waals surface area contributed by atoms with E-state index in [0.717, 1.165) is 12.5 Å². The Morgan fingerprint density at radius 3 is 2.08 bits per heavy atom. The molecule has 2 rings (SSSR count). The second kappa shape index (κ2) is 11.4. The summed E-state index contributed by atoms with van der Waals surface area (Å²) in [4.78, 5) is 66.9. The van der Waals surface area contributed by atoms with E-state index < -0.39 is 74.7 Å². The molecule has 0 N–H and O–H groups in total. The van der Waals surface area contributed by atoms with Gasteiger partial charge in [-0.1, -0.05) is 41.5 Å². The summed E-state index contributed by atoms with van der Waals surface area (Å²) >= 11 is 0. The monoisotopic (exact) mass is 557 g/mol. The zero-order valence-corrected chi connectivity index (χ0v) is 24.8. The predicted molar refractivity (Wildman–Crippen MR) is 140 cm³/mol. The Kier molecular flexibility index (Phi) is 9.61. The molecule has 2 fully saturated rings. The molecule has 0 radical (unpaired) electrons. The van der Waals surface area contributed by atoms with Crippen LogP contribution in [0.3, 0.4) is 0 Å². The van der Waals surface area contributed by atoms with Crippen LogP contribution in [0.15, 0.2) is 0 Å². The number of ether oxygens (including phenoxy) is 2. The molecule has 9 atom stereocenters. The molecule has 10 nitrogen and oxygen atoms in total. The summed E-state index contributed by atoms with van der Waals surface area (Å²) in [6.07, 6.45) is 0.395. The number of ketones is 2. The van der Waals surface area contributed by atoms with Gasteiger partial charge in [0.05, 0.1) is 11.8 Å². The van der Waals surface area contributed by atoms with Crippen LogP contribution in [0, 0.1) is 35.0 Å². The Bertz CT molecular complexity index is 1070. The standard InChI is InChI=1S/C27H43NO9S/c1-10-20-27(8)23(28(25(33)37-27)11-12-38(9,34)35)17(4)21(30)15(2)13-26(7,14-29)19(6)16(3)22(31)18(5)24(32)36-20/h14-20,23H,10-13H2,1-9H3/t15-,16-,17+,18-,19-,20-,23-,26+,27-/m1/s1. The number of hydrogen-bond acceptors (Lipinski definition) is 9. The Hall–Kier alpha value is -2.30. The number of carbonyl (C=O) groups excluding carboxylic acids is 5. The number of sulfone groups is 1. The quantitative estimate of drug-likeness (QED) is 0.283. The van der Waals surface area contributed by atoms with Crippen molar-refractivity contribution in [3.63, 3.8) is 0 Å². The molecule has 216 valence electrons. The van der Waals surface area contributed by atoms with Crippen LogP contribution in [0.25, 0.3) is 0 Å². The summed E-state index contributed by atoms with van der Waals surface area (Å²) in [6.45, 7) is 13.1. The second-order valence-electron chi connectivity index (χ2n) is 11.8. The fourth-order valence-corrected chi connectivity index (χ4v) is 6.66. The van der Waals surface area contributed by atoms with Gasteiger partial charge < -0.3 is 14.3 Å². The van der Waals surface area contributed by atoms with Gasteiger partial charge in [0.25, 0.3) is 0 Å². The lowest BCUT2D eigenvalue weighted by Gasteiger charge is -2.42. The first-order valence-corrected chi connectivity index (χ1v) is 15.3. The van der Waals surface area contributed by atoms with Crippen molar-refractivity contribution in [2.45, 2.75) is 86.0 Å². The van der Waals surface area contributed by atoms with E-state index in [-0.39, 0.29) is 36.7 Å². The third-order valence-corrected chi connectivity index (χ3v) is 9.80. The second-order valence-corrected chi connectivity index (χ2v) is 14.0. The Balaban J connectivity index is 2.69. The van der Waals surface area contributed by atoms with Gasteiger partial charge in [-0.25, -0.2) is 13.2 Å². The first-order chi connectivity index (χ1) is 17.3. The van der Waals surface area contributed by atoms with Crippen LogP contribution in [0.4, 0.5) is 4.79 Å². The third-order valence-electron chi connectivity index (χ3n) is 8.88. The fraction of sp³-hybridized carbons (Fsp3) is 0.815. The summed E-state index contributed by atoms with van der Waals surface area (Å²) in [5.74, 6) is -5.46. The number of Topliss-reactive ketones (excluding diaryl/α,β-unsaturated/α-hetero) is 2. The lowest BCUT2D eigenvalue weighted by Crippen LogP contribution is -2.58. The van der Waals surface area contributed by atoms with Crippen molar-refractivity contribution in [1.29, 1.82) is 0 Å². The van der Waals surface area contributed by atoms with E-state index in [1.807, 2.05) is 0 Å². The van der Waals surface area contributed by atoms with E-state index in [1.54, 1.807) is 48.5 Å². The van der Waals surface area contributed by atoms with Crippen LogP contribution >= 0.6 is 0 Å². The molecule has 1 amide bonds. The first-order valence-electron chi connectivity index (χ1n) is 13.3. The van der Waals surface area contributed by atoms with Crippen LogP contribution in [0.5, 0.6) is 0 Å². The van der Waals surface area contributed by atoms with Gasteiger partial charge in [0.1, 0.15) is 39.7 Å². The van der Waals surface area contributed by atoms with Gasteiger partial charge in [-0.2, -0.15) is 0 Å². The molecule has 0 aromatic carbocycles. The molecule has 2 aliphatic heterocycles. The average molecular weight is 558 g/mol. The average Bonchev–Trinajstić information content (AvgIpc) is 3.11. The Labute approximate surface area is 226 Å². The largest absolute Gasteiger partial charge is 0.458 e. The molecule has 2 saturated heterocycles. The minimum Gasteiger partial charge on any atom is -0.458 e. The molecule has 0 aliphatic carbocycles. The van der Waals surface area contributed by atoms with Crippen molar-refractivity contribution in [2.75, 3.05) is 18.6 Å². The number of rotatable bonds is 5. The fourth-order valence-electron chi connectivity index (χ4n) is 6.13. The van der Waals surface area contributed by atoms with Crippen molar-refractivity contribution in [1.82, 2.24) is 4.90 Å².